The van der Waals surface area contributed by atoms with E-state index in [2.05, 4.69) is 47.1 Å². The first kappa shape index (κ1) is 14.7. The maximum Gasteiger partial charge on any atom is 0.258 e. The Bertz CT molecular complexity index is 1120. The minimum atomic E-state index is -0.394. The van der Waals surface area contributed by atoms with Crippen LogP contribution in [0.5, 0.6) is 0 Å². The molecule has 6 nitrogen and oxygen atoms in total. The van der Waals surface area contributed by atoms with Gasteiger partial charge in [0.1, 0.15) is 18.0 Å². The summed E-state index contributed by atoms with van der Waals surface area (Å²) < 4.78 is 16.7. The molecule has 124 valence electrons. The highest BCUT2D eigenvalue weighted by molar-refractivity contribution is 9.10. The van der Waals surface area contributed by atoms with Crippen LogP contribution in [0.15, 0.2) is 41.3 Å². The third-order valence-corrected chi connectivity index (χ3v) is 5.23. The Morgan fingerprint density at radius 1 is 1.24 bits per heavy atom. The number of rotatable bonds is 1. The lowest BCUT2D eigenvalue weighted by molar-refractivity contribution is 0.623. The molecule has 0 unspecified atom stereocenters. The average Bonchev–Trinajstić information content (AvgIpc) is 3.09. The molecule has 1 aliphatic heterocycles. The van der Waals surface area contributed by atoms with Gasteiger partial charge in [0.25, 0.3) is 5.78 Å². The van der Waals surface area contributed by atoms with Crippen molar-refractivity contribution in [2.75, 3.05) is 11.4 Å². The molecule has 0 atom stereocenters. The van der Waals surface area contributed by atoms with Crippen LogP contribution >= 0.6 is 15.9 Å². The van der Waals surface area contributed by atoms with Crippen LogP contribution < -0.4 is 4.90 Å². The van der Waals surface area contributed by atoms with Crippen LogP contribution in [0.2, 0.25) is 0 Å². The summed E-state index contributed by atoms with van der Waals surface area (Å²) in [5, 5.41) is 8.60. The SMILES string of the molecule is Fc1cnc2c(c1)c(N1CCCc3c(Br)cccc31)nc1nncn12. The molecular weight excluding hydrogens is 387 g/mol. The summed E-state index contributed by atoms with van der Waals surface area (Å²) >= 11 is 3.63. The van der Waals surface area contributed by atoms with Crippen LogP contribution in [-0.4, -0.2) is 31.1 Å². The molecule has 25 heavy (non-hydrogen) atoms. The van der Waals surface area contributed by atoms with Gasteiger partial charge in [-0.15, -0.1) is 10.2 Å². The van der Waals surface area contributed by atoms with Gasteiger partial charge in [0.2, 0.25) is 0 Å². The lowest BCUT2D eigenvalue weighted by Crippen LogP contribution is -2.26. The van der Waals surface area contributed by atoms with Crippen LogP contribution in [0.4, 0.5) is 15.9 Å². The second kappa shape index (κ2) is 5.45. The molecule has 4 heterocycles. The molecule has 0 bridgehead atoms. The van der Waals surface area contributed by atoms with E-state index in [0.717, 1.165) is 29.5 Å². The molecule has 0 spiro atoms. The Hall–Kier alpha value is -2.61. The number of hydrogen-bond acceptors (Lipinski definition) is 5. The van der Waals surface area contributed by atoms with E-state index in [-0.39, 0.29) is 0 Å². The second-order valence-corrected chi connectivity index (χ2v) is 6.81. The van der Waals surface area contributed by atoms with Crippen molar-refractivity contribution in [1.82, 2.24) is 24.6 Å². The minimum absolute atomic E-state index is 0.394. The van der Waals surface area contributed by atoms with Gasteiger partial charge in [-0.05, 0) is 36.6 Å². The molecule has 3 aromatic heterocycles. The van der Waals surface area contributed by atoms with Crippen LogP contribution in [0.1, 0.15) is 12.0 Å². The van der Waals surface area contributed by atoms with Crippen molar-refractivity contribution >= 4 is 44.2 Å². The summed E-state index contributed by atoms with van der Waals surface area (Å²) in [6.07, 6.45) is 4.72. The summed E-state index contributed by atoms with van der Waals surface area (Å²) in [5.74, 6) is 0.708. The maximum atomic E-state index is 13.9. The van der Waals surface area contributed by atoms with Gasteiger partial charge < -0.3 is 4.90 Å². The molecule has 1 aromatic carbocycles. The first-order valence-electron chi connectivity index (χ1n) is 7.92. The van der Waals surface area contributed by atoms with Crippen molar-refractivity contribution in [2.24, 2.45) is 0 Å². The topological polar surface area (TPSA) is 59.2 Å². The highest BCUT2D eigenvalue weighted by atomic mass is 79.9. The summed E-state index contributed by atoms with van der Waals surface area (Å²) in [5.41, 5.74) is 2.89. The van der Waals surface area contributed by atoms with E-state index in [0.29, 0.717) is 22.6 Å². The quantitative estimate of drug-likeness (QED) is 0.489. The summed E-state index contributed by atoms with van der Waals surface area (Å²) in [7, 11) is 0. The molecule has 0 aliphatic carbocycles. The Balaban J connectivity index is 1.84. The van der Waals surface area contributed by atoms with E-state index in [9.17, 15) is 4.39 Å². The number of aromatic nitrogens is 5. The molecule has 1 aliphatic rings. The van der Waals surface area contributed by atoms with Crippen molar-refractivity contribution in [3.63, 3.8) is 0 Å². The molecule has 0 radical (unpaired) electrons. The van der Waals surface area contributed by atoms with Gasteiger partial charge in [-0.1, -0.05) is 22.0 Å². The number of halogens is 2. The van der Waals surface area contributed by atoms with Crippen molar-refractivity contribution in [3.05, 3.63) is 52.6 Å². The second-order valence-electron chi connectivity index (χ2n) is 5.95. The highest BCUT2D eigenvalue weighted by Gasteiger charge is 2.24. The van der Waals surface area contributed by atoms with Gasteiger partial charge in [-0.2, -0.15) is 4.98 Å². The van der Waals surface area contributed by atoms with Gasteiger partial charge in [-0.25, -0.2) is 13.8 Å². The fraction of sp³-hybridized carbons (Fsp3) is 0.176. The van der Waals surface area contributed by atoms with Crippen molar-refractivity contribution in [3.8, 4) is 0 Å². The average molecular weight is 399 g/mol. The van der Waals surface area contributed by atoms with Gasteiger partial charge in [0, 0.05) is 16.7 Å². The first-order chi connectivity index (χ1) is 12.2. The van der Waals surface area contributed by atoms with Crippen LogP contribution in [0.25, 0.3) is 16.8 Å². The maximum absolute atomic E-state index is 13.9. The monoisotopic (exact) mass is 398 g/mol. The molecule has 0 saturated carbocycles. The zero-order valence-corrected chi connectivity index (χ0v) is 14.6. The predicted octanol–water partition coefficient (Wildman–Crippen LogP) is 3.66. The molecule has 0 fully saturated rings. The molecule has 0 amide bonds. The standard InChI is InChI=1S/C17H12BrFN6/c18-13-4-1-5-14-11(13)3-2-6-24(14)16-12-7-10(19)8-20-15(12)25-9-21-23-17(25)22-16/h1,4-5,7-9H,2-3,6H2. The zero-order valence-electron chi connectivity index (χ0n) is 13.0. The van der Waals surface area contributed by atoms with E-state index in [4.69, 9.17) is 0 Å². The van der Waals surface area contributed by atoms with E-state index < -0.39 is 5.82 Å². The van der Waals surface area contributed by atoms with Crippen molar-refractivity contribution < 1.29 is 4.39 Å². The number of benzene rings is 1. The van der Waals surface area contributed by atoms with Gasteiger partial charge in [0.05, 0.1) is 11.6 Å². The Morgan fingerprint density at radius 2 is 2.16 bits per heavy atom. The molecule has 5 rings (SSSR count). The van der Waals surface area contributed by atoms with Crippen molar-refractivity contribution in [1.29, 1.82) is 0 Å². The molecule has 4 aromatic rings. The smallest absolute Gasteiger partial charge is 0.258 e. The molecular formula is C17H12BrFN6. The van der Waals surface area contributed by atoms with Gasteiger partial charge in [-0.3, -0.25) is 0 Å². The number of fused-ring (bicyclic) bond motifs is 4. The lowest BCUT2D eigenvalue weighted by atomic mass is 10.0. The Kier molecular flexibility index (Phi) is 3.21. The Labute approximate surface area is 150 Å². The summed E-state index contributed by atoms with van der Waals surface area (Å²) in [6.45, 7) is 0.798. The number of pyridine rings is 1. The first-order valence-corrected chi connectivity index (χ1v) is 8.71. The largest absolute Gasteiger partial charge is 0.325 e. The number of nitrogens with zero attached hydrogens (tertiary/aromatic N) is 6. The van der Waals surface area contributed by atoms with E-state index in [1.54, 1.807) is 10.7 Å². The molecule has 0 saturated heterocycles. The van der Waals surface area contributed by atoms with E-state index in [1.807, 2.05) is 12.1 Å². The number of hydrogen-bond donors (Lipinski definition) is 0. The summed E-state index contributed by atoms with van der Waals surface area (Å²) in [6, 6.07) is 7.57. The van der Waals surface area contributed by atoms with Gasteiger partial charge in [0.15, 0.2) is 5.65 Å². The minimum Gasteiger partial charge on any atom is -0.325 e. The predicted molar refractivity (Wildman–Crippen MR) is 95.5 cm³/mol. The highest BCUT2D eigenvalue weighted by Crippen LogP contribution is 2.38. The fourth-order valence-electron chi connectivity index (χ4n) is 3.41. The third kappa shape index (κ3) is 2.21. The van der Waals surface area contributed by atoms with Gasteiger partial charge >= 0.3 is 0 Å². The third-order valence-electron chi connectivity index (χ3n) is 4.49. The normalized spacial score (nSPS) is 14.2. The van der Waals surface area contributed by atoms with Crippen LogP contribution in [0, 0.1) is 5.82 Å². The zero-order chi connectivity index (χ0) is 17.0. The molecule has 0 N–H and O–H groups in total. The van der Waals surface area contributed by atoms with Crippen molar-refractivity contribution in [2.45, 2.75) is 12.8 Å². The molecule has 8 heteroatoms. The lowest BCUT2D eigenvalue weighted by Gasteiger charge is -2.31. The Morgan fingerprint density at radius 3 is 3.08 bits per heavy atom. The summed E-state index contributed by atoms with van der Waals surface area (Å²) in [4.78, 5) is 11.0. The van der Waals surface area contributed by atoms with Crippen LogP contribution in [0.3, 0.4) is 0 Å². The van der Waals surface area contributed by atoms with E-state index in [1.165, 1.54) is 17.8 Å². The number of anilines is 2. The van der Waals surface area contributed by atoms with E-state index >= 15 is 0 Å². The van der Waals surface area contributed by atoms with Crippen LogP contribution in [-0.2, 0) is 6.42 Å². The fourth-order valence-corrected chi connectivity index (χ4v) is 3.96.